The monoisotopic (exact) mass is 1170 g/mol. The van der Waals surface area contributed by atoms with Crippen molar-refractivity contribution < 1.29 is 0 Å². The van der Waals surface area contributed by atoms with Gasteiger partial charge in [0.25, 0.3) is 0 Å². The van der Waals surface area contributed by atoms with E-state index in [0.717, 1.165) is 0 Å². The molecule has 0 saturated carbocycles. The third kappa shape index (κ3) is 13.1. The lowest BCUT2D eigenvalue weighted by atomic mass is 9.70. The largest absolute Gasteiger partial charge is 0.310 e. The maximum Gasteiger partial charge on any atom is 0.0520 e. The topological polar surface area (TPSA) is 6.48 Å². The zero-order valence-electron chi connectivity index (χ0n) is 55.8. The lowest BCUT2D eigenvalue weighted by molar-refractivity contribution is 0.398. The summed E-state index contributed by atoms with van der Waals surface area (Å²) >= 11 is 0. The minimum atomic E-state index is -0.0690. The van der Waals surface area contributed by atoms with Crippen molar-refractivity contribution in [3.8, 4) is 55.6 Å². The Balaban J connectivity index is 0.934. The highest BCUT2D eigenvalue weighted by molar-refractivity contribution is 5.89. The maximum absolute atomic E-state index is 2.64. The van der Waals surface area contributed by atoms with Gasteiger partial charge in [0.15, 0.2) is 0 Å². The van der Waals surface area contributed by atoms with E-state index in [-0.39, 0.29) is 5.41 Å². The molecule has 0 heterocycles. The molecule has 0 unspecified atom stereocenters. The summed E-state index contributed by atoms with van der Waals surface area (Å²) in [5, 5.41) is 0. The molecule has 0 amide bonds. The number of hydrogen-bond donors (Lipinski definition) is 0. The maximum atomic E-state index is 2.64. The summed E-state index contributed by atoms with van der Waals surface area (Å²) in [6.45, 7) is 27.2. The second-order valence-corrected chi connectivity index (χ2v) is 26.5. The van der Waals surface area contributed by atoms with Gasteiger partial charge in [-0.1, -0.05) is 235 Å². The molecule has 1 aliphatic rings. The molecule has 11 rings (SSSR count). The van der Waals surface area contributed by atoms with E-state index in [2.05, 4.69) is 287 Å². The zero-order chi connectivity index (χ0) is 62.3. The second kappa shape index (κ2) is 27.7. The normalized spacial score (nSPS) is 12.3. The van der Waals surface area contributed by atoms with Gasteiger partial charge in [0, 0.05) is 28.2 Å². The van der Waals surface area contributed by atoms with Crippen molar-refractivity contribution in [1.29, 1.82) is 0 Å². The predicted octanol–water partition coefficient (Wildman–Crippen LogP) is 26.1. The first kappa shape index (κ1) is 62.4. The van der Waals surface area contributed by atoms with Crippen molar-refractivity contribution in [3.05, 3.63) is 261 Å². The van der Waals surface area contributed by atoms with Crippen molar-refractivity contribution in [2.45, 2.75) is 178 Å². The number of benzene rings is 10. The molecule has 0 aliphatic heterocycles. The van der Waals surface area contributed by atoms with E-state index in [4.69, 9.17) is 0 Å². The molecule has 0 atom stereocenters. The van der Waals surface area contributed by atoms with Gasteiger partial charge in [0.2, 0.25) is 0 Å². The molecule has 10 aromatic carbocycles. The molecule has 0 radical (unpaired) electrons. The minimum Gasteiger partial charge on any atom is -0.310 e. The number of hydrogen-bond acceptors (Lipinski definition) is 2. The Morgan fingerprint density at radius 2 is 0.562 bits per heavy atom. The summed E-state index contributed by atoms with van der Waals surface area (Å²) in [6, 6.07) is 74.6. The fourth-order valence-corrected chi connectivity index (χ4v) is 15.4. The molecule has 2 nitrogen and oxygen atoms in total. The lowest BCUT2D eigenvalue weighted by Crippen LogP contribution is -2.25. The number of anilines is 6. The molecule has 0 spiro atoms. The second-order valence-electron chi connectivity index (χ2n) is 26.5. The van der Waals surface area contributed by atoms with Crippen LogP contribution >= 0.6 is 0 Å². The van der Waals surface area contributed by atoms with Gasteiger partial charge < -0.3 is 9.80 Å². The molecule has 454 valence electrons. The van der Waals surface area contributed by atoms with Crippen molar-refractivity contribution in [1.82, 2.24) is 0 Å². The van der Waals surface area contributed by atoms with Crippen LogP contribution in [0.25, 0.3) is 55.6 Å². The molecule has 0 aromatic heterocycles. The first-order chi connectivity index (χ1) is 43.2. The molecule has 0 fully saturated rings. The number of nitrogens with zero attached hydrogens (tertiary/aromatic N) is 2. The Kier molecular flexibility index (Phi) is 19.4. The van der Waals surface area contributed by atoms with E-state index in [0.29, 0.717) is 0 Å². The number of rotatable bonds is 24. The van der Waals surface area contributed by atoms with E-state index in [9.17, 15) is 0 Å². The van der Waals surface area contributed by atoms with E-state index in [1.807, 2.05) is 0 Å². The molecule has 0 bridgehead atoms. The van der Waals surface area contributed by atoms with Crippen LogP contribution in [-0.4, -0.2) is 0 Å². The average molecular weight is 1170 g/mol. The van der Waals surface area contributed by atoms with Crippen LogP contribution in [0.15, 0.2) is 194 Å². The third-order valence-electron chi connectivity index (χ3n) is 19.7. The first-order valence-corrected chi connectivity index (χ1v) is 33.8. The standard InChI is InChI=1S/C87H96N2/c1-13-15-17-19-21-29-47-87(48-30-22-20-18-16-14-2)83-57-71(69-35-41-77(61(5)53-69)79-45-39-75(55-63(79)7)88(73-31-25-23-26-32-73)85-65(9)49-59(3)50-66(85)10)37-43-81(83)82-44-38-72(58-84(82)87)70-36-42-78(62(6)54-70)80-46-40-76(56-64(80)8)89(74-33-27-24-28-34-74)86-67(11)51-60(4)52-68(86)12/h23-28,31-46,49-58H,13-22,29-30,47-48H2,1-12H3. The molecule has 1 aliphatic carbocycles. The minimum absolute atomic E-state index is 0.0690. The van der Waals surface area contributed by atoms with Crippen LogP contribution in [-0.2, 0) is 5.41 Å². The van der Waals surface area contributed by atoms with E-state index < -0.39 is 0 Å². The highest BCUT2D eigenvalue weighted by Gasteiger charge is 2.43. The summed E-state index contributed by atoms with van der Waals surface area (Å²) in [7, 11) is 0. The van der Waals surface area contributed by atoms with Gasteiger partial charge in [-0.05, 0) is 254 Å². The highest BCUT2D eigenvalue weighted by atomic mass is 15.2. The van der Waals surface area contributed by atoms with Crippen LogP contribution < -0.4 is 9.80 Å². The molecule has 0 N–H and O–H groups in total. The summed E-state index contributed by atoms with van der Waals surface area (Å²) in [6.07, 6.45) is 17.9. The van der Waals surface area contributed by atoms with Gasteiger partial charge in [-0.3, -0.25) is 0 Å². The molecule has 10 aromatic rings. The quantitative estimate of drug-likeness (QED) is 0.0557. The van der Waals surface area contributed by atoms with E-state index in [1.54, 1.807) is 11.1 Å². The SMILES string of the molecule is CCCCCCCCC1(CCCCCCCC)c2cc(-c3ccc(-c4ccc(N(c5ccccc5)c5c(C)cc(C)cc5C)cc4C)c(C)c3)ccc2-c2ccc(-c3ccc(-c4ccc(N(c5ccccc5)c5c(C)cc(C)cc5C)cc4C)c(C)c3)cc21. The van der Waals surface area contributed by atoms with Crippen LogP contribution in [0, 0.1) is 69.2 Å². The molecular formula is C87H96N2. The van der Waals surface area contributed by atoms with Gasteiger partial charge >= 0.3 is 0 Å². The van der Waals surface area contributed by atoms with Gasteiger partial charge in [-0.25, -0.2) is 0 Å². The van der Waals surface area contributed by atoms with Gasteiger partial charge in [0.1, 0.15) is 0 Å². The lowest BCUT2D eigenvalue weighted by Gasteiger charge is -2.33. The zero-order valence-corrected chi connectivity index (χ0v) is 55.8. The molecule has 89 heavy (non-hydrogen) atoms. The molecule has 2 heteroatoms. The fraction of sp³-hybridized carbons (Fsp3) is 0.310. The van der Waals surface area contributed by atoms with Crippen LogP contribution in [0.4, 0.5) is 34.1 Å². The van der Waals surface area contributed by atoms with Crippen molar-refractivity contribution in [3.63, 3.8) is 0 Å². The summed E-state index contributed by atoms with van der Waals surface area (Å²) in [5.74, 6) is 0. The summed E-state index contributed by atoms with van der Waals surface area (Å²) in [4.78, 5) is 4.88. The highest BCUT2D eigenvalue weighted by Crippen LogP contribution is 2.56. The van der Waals surface area contributed by atoms with Crippen LogP contribution in [0.3, 0.4) is 0 Å². The average Bonchev–Trinajstić information content (AvgIpc) is 1.59. The first-order valence-electron chi connectivity index (χ1n) is 33.8. The number of aryl methyl sites for hydroxylation is 10. The van der Waals surface area contributed by atoms with Crippen LogP contribution in [0.2, 0.25) is 0 Å². The van der Waals surface area contributed by atoms with Crippen molar-refractivity contribution >= 4 is 34.1 Å². The Morgan fingerprint density at radius 1 is 0.258 bits per heavy atom. The Labute approximate surface area is 535 Å². The Morgan fingerprint density at radius 3 is 0.899 bits per heavy atom. The number of unbranched alkanes of at least 4 members (excludes halogenated alkanes) is 10. The van der Waals surface area contributed by atoms with Gasteiger partial charge in [-0.15, -0.1) is 0 Å². The summed E-state index contributed by atoms with van der Waals surface area (Å²) < 4.78 is 0. The third-order valence-corrected chi connectivity index (χ3v) is 19.7. The summed E-state index contributed by atoms with van der Waals surface area (Å²) in [5.41, 5.74) is 36.3. The van der Waals surface area contributed by atoms with Crippen molar-refractivity contribution in [2.75, 3.05) is 9.80 Å². The van der Waals surface area contributed by atoms with E-state index >= 15 is 0 Å². The van der Waals surface area contributed by atoms with Gasteiger partial charge in [0.05, 0.1) is 11.4 Å². The van der Waals surface area contributed by atoms with Crippen molar-refractivity contribution in [2.24, 2.45) is 0 Å². The smallest absolute Gasteiger partial charge is 0.0520 e. The Hall–Kier alpha value is -8.20. The fourth-order valence-electron chi connectivity index (χ4n) is 15.4. The van der Waals surface area contributed by atoms with Gasteiger partial charge in [-0.2, -0.15) is 0 Å². The van der Waals surface area contributed by atoms with Crippen LogP contribution in [0.5, 0.6) is 0 Å². The number of fused-ring (bicyclic) bond motifs is 3. The predicted molar refractivity (Wildman–Crippen MR) is 387 cm³/mol. The van der Waals surface area contributed by atoms with Crippen LogP contribution in [0.1, 0.15) is 171 Å². The number of para-hydroxylation sites is 2. The van der Waals surface area contributed by atoms with E-state index in [1.165, 1.54) is 235 Å². The Bertz CT molecular complexity index is 3810. The molecule has 0 saturated heterocycles. The molecular weight excluding hydrogens is 1070 g/mol.